The van der Waals surface area contributed by atoms with Crippen LogP contribution in [0.5, 0.6) is 0 Å². The van der Waals surface area contributed by atoms with Crippen LogP contribution in [-0.4, -0.2) is 60.2 Å². The molecule has 0 spiro atoms. The lowest BCUT2D eigenvalue weighted by Gasteiger charge is -2.12. The number of carbonyl (C=O) groups excluding carboxylic acids is 4. The van der Waals surface area contributed by atoms with Crippen LogP contribution in [0, 0.1) is 0 Å². The molecule has 1 aromatic rings. The number of ketones is 2. The Morgan fingerprint density at radius 1 is 1.39 bits per heavy atom. The molecule has 9 nitrogen and oxygen atoms in total. The van der Waals surface area contributed by atoms with Crippen molar-refractivity contribution in [3.8, 4) is 0 Å². The van der Waals surface area contributed by atoms with Gasteiger partial charge in [0.25, 0.3) is 0 Å². The third-order valence-corrected chi connectivity index (χ3v) is 4.00. The number of Topliss-reactive ketones (excluding diaryl/α,β-unsaturated/α-hetero) is 1. The Morgan fingerprint density at radius 2 is 2.13 bits per heavy atom. The molecule has 2 amide bonds. The maximum absolute atomic E-state index is 12.4. The number of aromatic nitrogens is 2. The van der Waals surface area contributed by atoms with E-state index in [4.69, 9.17) is 0 Å². The molecule has 0 unspecified atom stereocenters. The van der Waals surface area contributed by atoms with Crippen LogP contribution in [0.2, 0.25) is 0 Å². The SMILES string of the molecule is CNC(=O)NCCSC1=CC(=O)c2[nH]nc(C(=O)OC)c2C1=O. The molecule has 0 saturated carbocycles. The standard InChI is InChI=1S/C13H14N4O5S/c1-14-13(21)15-3-4-23-7-5-6(18)9-8(11(7)19)10(17-16-9)12(20)22-2/h5H,3-4H2,1-2H3,(H,16,17)(H2,14,15,21). The minimum Gasteiger partial charge on any atom is -0.464 e. The summed E-state index contributed by atoms with van der Waals surface area (Å²) in [4.78, 5) is 47.3. The third kappa shape index (κ3) is 3.42. The van der Waals surface area contributed by atoms with Crippen molar-refractivity contribution in [2.24, 2.45) is 0 Å². The van der Waals surface area contributed by atoms with Crippen LogP contribution in [0.1, 0.15) is 31.3 Å². The lowest BCUT2D eigenvalue weighted by molar-refractivity contribution is 0.0591. The van der Waals surface area contributed by atoms with Gasteiger partial charge in [0.15, 0.2) is 5.69 Å². The van der Waals surface area contributed by atoms with Gasteiger partial charge in [0.2, 0.25) is 11.6 Å². The highest BCUT2D eigenvalue weighted by atomic mass is 32.2. The number of fused-ring (bicyclic) bond motifs is 1. The highest BCUT2D eigenvalue weighted by Gasteiger charge is 2.34. The van der Waals surface area contributed by atoms with E-state index >= 15 is 0 Å². The second kappa shape index (κ2) is 7.09. The molecule has 0 radical (unpaired) electrons. The summed E-state index contributed by atoms with van der Waals surface area (Å²) in [5.41, 5.74) is -0.315. The number of hydrogen-bond acceptors (Lipinski definition) is 7. The smallest absolute Gasteiger partial charge is 0.359 e. The average Bonchev–Trinajstić information content (AvgIpc) is 3.00. The zero-order chi connectivity index (χ0) is 17.0. The summed E-state index contributed by atoms with van der Waals surface area (Å²) in [6, 6.07) is -0.337. The first-order chi connectivity index (χ1) is 11.0. The molecule has 0 aromatic carbocycles. The van der Waals surface area contributed by atoms with E-state index in [1.165, 1.54) is 13.1 Å². The first kappa shape index (κ1) is 16.7. The van der Waals surface area contributed by atoms with Gasteiger partial charge in [-0.3, -0.25) is 14.7 Å². The number of H-pyrrole nitrogens is 1. The summed E-state index contributed by atoms with van der Waals surface area (Å²) in [6.07, 6.45) is 1.19. The maximum Gasteiger partial charge on any atom is 0.359 e. The number of nitrogens with one attached hydrogen (secondary N) is 3. The number of thioether (sulfide) groups is 1. The molecule has 0 atom stereocenters. The predicted molar refractivity (Wildman–Crippen MR) is 81.6 cm³/mol. The van der Waals surface area contributed by atoms with Crippen LogP contribution in [0.4, 0.5) is 4.79 Å². The molecule has 0 aliphatic heterocycles. The Morgan fingerprint density at radius 3 is 2.78 bits per heavy atom. The second-order valence-electron chi connectivity index (χ2n) is 4.37. The number of methoxy groups -OCH3 is 1. The molecule has 0 bridgehead atoms. The zero-order valence-corrected chi connectivity index (χ0v) is 13.2. The van der Waals surface area contributed by atoms with Gasteiger partial charge in [0.1, 0.15) is 5.69 Å². The Hall–Kier alpha value is -2.62. The van der Waals surface area contributed by atoms with Gasteiger partial charge in [-0.05, 0) is 0 Å². The van der Waals surface area contributed by atoms with Gasteiger partial charge in [0.05, 0.1) is 17.6 Å². The van der Waals surface area contributed by atoms with Crippen molar-refractivity contribution in [3.63, 3.8) is 0 Å². The number of carbonyl (C=O) groups is 4. The number of urea groups is 1. The first-order valence-electron chi connectivity index (χ1n) is 6.55. The summed E-state index contributed by atoms with van der Waals surface area (Å²) in [5, 5.41) is 11.0. The lowest BCUT2D eigenvalue weighted by Crippen LogP contribution is -2.34. The Balaban J connectivity index is 2.11. The third-order valence-electron chi connectivity index (χ3n) is 2.98. The summed E-state index contributed by atoms with van der Waals surface area (Å²) >= 11 is 1.11. The van der Waals surface area contributed by atoms with E-state index in [1.807, 2.05) is 0 Å². The monoisotopic (exact) mass is 338 g/mol. The van der Waals surface area contributed by atoms with Crippen LogP contribution in [0.15, 0.2) is 11.0 Å². The molecule has 0 fully saturated rings. The largest absolute Gasteiger partial charge is 0.464 e. The topological polar surface area (TPSA) is 130 Å². The molecule has 3 N–H and O–H groups in total. The Bertz CT molecular complexity index is 709. The fourth-order valence-corrected chi connectivity index (χ4v) is 2.73. The van der Waals surface area contributed by atoms with E-state index in [0.29, 0.717) is 12.3 Å². The van der Waals surface area contributed by atoms with Crippen molar-refractivity contribution in [2.75, 3.05) is 26.5 Å². The number of hydrogen-bond donors (Lipinski definition) is 3. The van der Waals surface area contributed by atoms with E-state index in [2.05, 4.69) is 25.6 Å². The number of esters is 1. The van der Waals surface area contributed by atoms with Crippen molar-refractivity contribution in [3.05, 3.63) is 27.9 Å². The van der Waals surface area contributed by atoms with E-state index in [0.717, 1.165) is 18.9 Å². The number of nitrogens with zero attached hydrogens (tertiary/aromatic N) is 1. The van der Waals surface area contributed by atoms with E-state index in [1.54, 1.807) is 0 Å². The number of aromatic amines is 1. The average molecular weight is 338 g/mol. The van der Waals surface area contributed by atoms with E-state index in [-0.39, 0.29) is 27.9 Å². The van der Waals surface area contributed by atoms with Crippen molar-refractivity contribution in [2.45, 2.75) is 0 Å². The normalized spacial score (nSPS) is 13.2. The van der Waals surface area contributed by atoms with Crippen LogP contribution >= 0.6 is 11.8 Å². The molecule has 1 aliphatic carbocycles. The van der Waals surface area contributed by atoms with Crippen LogP contribution in [-0.2, 0) is 4.74 Å². The predicted octanol–water partition coefficient (Wildman–Crippen LogP) is 0.121. The van der Waals surface area contributed by atoms with Crippen LogP contribution < -0.4 is 10.6 Å². The van der Waals surface area contributed by atoms with Crippen molar-refractivity contribution < 1.29 is 23.9 Å². The molecule has 23 heavy (non-hydrogen) atoms. The van der Waals surface area contributed by atoms with Gasteiger partial charge in [-0.2, -0.15) is 5.10 Å². The van der Waals surface area contributed by atoms with Crippen molar-refractivity contribution >= 4 is 35.3 Å². The summed E-state index contributed by atoms with van der Waals surface area (Å²) < 4.78 is 4.55. The summed E-state index contributed by atoms with van der Waals surface area (Å²) in [7, 11) is 2.65. The van der Waals surface area contributed by atoms with Crippen LogP contribution in [0.3, 0.4) is 0 Å². The second-order valence-corrected chi connectivity index (χ2v) is 5.51. The number of amides is 2. The number of rotatable bonds is 5. The molecule has 10 heteroatoms. The molecule has 2 rings (SSSR count). The fraction of sp³-hybridized carbons (Fsp3) is 0.308. The fourth-order valence-electron chi connectivity index (χ4n) is 1.89. The van der Waals surface area contributed by atoms with Gasteiger partial charge in [0, 0.05) is 25.4 Å². The highest BCUT2D eigenvalue weighted by molar-refractivity contribution is 8.04. The van der Waals surface area contributed by atoms with Gasteiger partial charge >= 0.3 is 12.0 Å². The molecule has 1 aromatic heterocycles. The maximum atomic E-state index is 12.4. The van der Waals surface area contributed by atoms with Crippen molar-refractivity contribution in [1.29, 1.82) is 0 Å². The summed E-state index contributed by atoms with van der Waals surface area (Å²) in [6.45, 7) is 0.311. The van der Waals surface area contributed by atoms with Gasteiger partial charge in [-0.15, -0.1) is 11.8 Å². The number of ether oxygens (including phenoxy) is 1. The molecule has 1 aliphatic rings. The molecule has 122 valence electrons. The quantitative estimate of drug-likeness (QED) is 0.513. The van der Waals surface area contributed by atoms with Gasteiger partial charge < -0.3 is 15.4 Å². The summed E-state index contributed by atoms with van der Waals surface area (Å²) in [5.74, 6) is -1.32. The Labute approximate surface area is 135 Å². The van der Waals surface area contributed by atoms with Gasteiger partial charge in [-0.1, -0.05) is 0 Å². The van der Waals surface area contributed by atoms with Crippen molar-refractivity contribution in [1.82, 2.24) is 20.8 Å². The molecular weight excluding hydrogens is 324 g/mol. The van der Waals surface area contributed by atoms with E-state index in [9.17, 15) is 19.2 Å². The minimum atomic E-state index is -0.795. The first-order valence-corrected chi connectivity index (χ1v) is 7.54. The molecule has 0 saturated heterocycles. The minimum absolute atomic E-state index is 0.0248. The van der Waals surface area contributed by atoms with Gasteiger partial charge in [-0.25, -0.2) is 9.59 Å². The van der Waals surface area contributed by atoms with E-state index < -0.39 is 17.5 Å². The number of allylic oxidation sites excluding steroid dienone is 2. The van der Waals surface area contributed by atoms with Crippen LogP contribution in [0.25, 0.3) is 0 Å². The Kier molecular flexibility index (Phi) is 5.16. The molecule has 1 heterocycles. The lowest BCUT2D eigenvalue weighted by atomic mass is 9.99. The highest BCUT2D eigenvalue weighted by Crippen LogP contribution is 2.29. The zero-order valence-electron chi connectivity index (χ0n) is 12.4. The molecular formula is C13H14N4O5S.